The third-order valence-electron chi connectivity index (χ3n) is 3.51. The number of carbonyl (C=O) groups is 1. The molecule has 0 radical (unpaired) electrons. The molecule has 2 rings (SSSR count). The van der Waals surface area contributed by atoms with Crippen LogP contribution in [0.2, 0.25) is 0 Å². The van der Waals surface area contributed by atoms with E-state index in [1.165, 1.54) is 0 Å². The second-order valence-electron chi connectivity index (χ2n) is 4.77. The van der Waals surface area contributed by atoms with Gasteiger partial charge in [0.05, 0.1) is 0 Å². The highest BCUT2D eigenvalue weighted by molar-refractivity contribution is 6.26. The lowest BCUT2D eigenvalue weighted by Crippen LogP contribution is -2.44. The summed E-state index contributed by atoms with van der Waals surface area (Å²) in [4.78, 5) is 13.8. The molecular formula is C14H18ClNO2. The van der Waals surface area contributed by atoms with Crippen LogP contribution in [0.5, 0.6) is 0 Å². The summed E-state index contributed by atoms with van der Waals surface area (Å²) >= 11 is 5.56. The number of alkyl halides is 1. The first-order chi connectivity index (χ1) is 8.66. The van der Waals surface area contributed by atoms with Crippen molar-refractivity contribution < 1.29 is 9.53 Å². The Bertz CT molecular complexity index is 400. The molecule has 0 aromatic heterocycles. The predicted molar refractivity (Wildman–Crippen MR) is 71.7 cm³/mol. The zero-order chi connectivity index (χ0) is 13.0. The lowest BCUT2D eigenvalue weighted by molar-refractivity contribution is -0.163. The summed E-state index contributed by atoms with van der Waals surface area (Å²) in [5.74, 6) is -0.435. The highest BCUT2D eigenvalue weighted by Gasteiger charge is 2.38. The van der Waals surface area contributed by atoms with Crippen molar-refractivity contribution in [1.29, 1.82) is 0 Å². The van der Waals surface area contributed by atoms with E-state index in [4.69, 9.17) is 16.3 Å². The van der Waals surface area contributed by atoms with Gasteiger partial charge in [0, 0.05) is 25.9 Å². The van der Waals surface area contributed by atoms with Crippen molar-refractivity contribution in [3.8, 4) is 0 Å². The SMILES string of the molecule is CN1CCC(OC(=O)CCl)(c2ccccc2)CC1. The summed E-state index contributed by atoms with van der Waals surface area (Å²) < 4.78 is 5.66. The Labute approximate surface area is 113 Å². The monoisotopic (exact) mass is 267 g/mol. The Morgan fingerprint density at radius 3 is 2.50 bits per heavy atom. The van der Waals surface area contributed by atoms with Crippen LogP contribution in [0.1, 0.15) is 18.4 Å². The smallest absolute Gasteiger partial charge is 0.321 e. The molecule has 0 amide bonds. The number of nitrogens with zero attached hydrogens (tertiary/aromatic N) is 1. The number of esters is 1. The van der Waals surface area contributed by atoms with Gasteiger partial charge in [-0.25, -0.2) is 0 Å². The van der Waals surface area contributed by atoms with Gasteiger partial charge in [0.1, 0.15) is 11.5 Å². The molecule has 1 aliphatic heterocycles. The van der Waals surface area contributed by atoms with Crippen LogP contribution in [0.4, 0.5) is 0 Å². The molecule has 1 aromatic rings. The largest absolute Gasteiger partial charge is 0.453 e. The van der Waals surface area contributed by atoms with E-state index in [-0.39, 0.29) is 11.8 Å². The summed E-state index contributed by atoms with van der Waals surface area (Å²) in [6, 6.07) is 9.96. The summed E-state index contributed by atoms with van der Waals surface area (Å²) in [6.07, 6.45) is 1.63. The zero-order valence-electron chi connectivity index (χ0n) is 10.6. The average molecular weight is 268 g/mol. The van der Waals surface area contributed by atoms with Crippen molar-refractivity contribution in [3.63, 3.8) is 0 Å². The number of hydrogen-bond donors (Lipinski definition) is 0. The lowest BCUT2D eigenvalue weighted by Gasteiger charge is -2.40. The van der Waals surface area contributed by atoms with Gasteiger partial charge in [-0.2, -0.15) is 0 Å². The number of ether oxygens (including phenoxy) is 1. The Kier molecular flexibility index (Phi) is 4.25. The summed E-state index contributed by atoms with van der Waals surface area (Å²) in [6.45, 7) is 1.84. The van der Waals surface area contributed by atoms with Gasteiger partial charge in [0.15, 0.2) is 0 Å². The molecule has 0 aliphatic carbocycles. The lowest BCUT2D eigenvalue weighted by atomic mass is 9.84. The van der Waals surface area contributed by atoms with Crippen LogP contribution in [0, 0.1) is 0 Å². The van der Waals surface area contributed by atoms with Crippen LogP contribution in [0.3, 0.4) is 0 Å². The standard InChI is InChI=1S/C14H18ClNO2/c1-16-9-7-14(8-10-16,18-13(17)11-15)12-5-3-2-4-6-12/h2-6H,7-11H2,1H3. The number of hydrogen-bond acceptors (Lipinski definition) is 3. The molecule has 18 heavy (non-hydrogen) atoms. The topological polar surface area (TPSA) is 29.5 Å². The second-order valence-corrected chi connectivity index (χ2v) is 5.04. The molecule has 98 valence electrons. The molecule has 0 spiro atoms. The van der Waals surface area contributed by atoms with Gasteiger partial charge in [-0.15, -0.1) is 11.6 Å². The number of rotatable bonds is 3. The van der Waals surface area contributed by atoms with E-state index in [9.17, 15) is 4.79 Å². The first kappa shape index (κ1) is 13.4. The van der Waals surface area contributed by atoms with Crippen LogP contribution < -0.4 is 0 Å². The van der Waals surface area contributed by atoms with Crippen molar-refractivity contribution in [3.05, 3.63) is 35.9 Å². The maximum atomic E-state index is 11.6. The van der Waals surface area contributed by atoms with E-state index < -0.39 is 5.60 Å². The van der Waals surface area contributed by atoms with E-state index >= 15 is 0 Å². The minimum absolute atomic E-state index is 0.0928. The average Bonchev–Trinajstić information content (AvgIpc) is 2.42. The van der Waals surface area contributed by atoms with Crippen molar-refractivity contribution in [2.24, 2.45) is 0 Å². The summed E-state index contributed by atoms with van der Waals surface area (Å²) in [7, 11) is 2.08. The molecule has 1 aliphatic rings. The Morgan fingerprint density at radius 1 is 1.33 bits per heavy atom. The number of piperidine rings is 1. The molecule has 4 heteroatoms. The van der Waals surface area contributed by atoms with Gasteiger partial charge in [-0.1, -0.05) is 30.3 Å². The third-order valence-corrected chi connectivity index (χ3v) is 3.73. The molecule has 0 atom stereocenters. The highest BCUT2D eigenvalue weighted by Crippen LogP contribution is 2.36. The molecule has 1 saturated heterocycles. The summed E-state index contributed by atoms with van der Waals surface area (Å²) in [5.41, 5.74) is 0.566. The number of likely N-dealkylation sites (tertiary alicyclic amines) is 1. The van der Waals surface area contributed by atoms with E-state index in [0.717, 1.165) is 31.5 Å². The molecule has 3 nitrogen and oxygen atoms in total. The van der Waals surface area contributed by atoms with E-state index in [1.807, 2.05) is 30.3 Å². The third kappa shape index (κ3) is 2.85. The second kappa shape index (κ2) is 5.72. The molecule has 1 fully saturated rings. The van der Waals surface area contributed by atoms with Crippen LogP contribution in [0.15, 0.2) is 30.3 Å². The highest BCUT2D eigenvalue weighted by atomic mass is 35.5. The normalized spacial score (nSPS) is 19.4. The molecule has 0 unspecified atom stereocenters. The fourth-order valence-corrected chi connectivity index (χ4v) is 2.47. The number of benzene rings is 1. The van der Waals surface area contributed by atoms with Crippen molar-refractivity contribution in [2.75, 3.05) is 26.0 Å². The maximum Gasteiger partial charge on any atom is 0.321 e. The van der Waals surface area contributed by atoms with Crippen LogP contribution >= 0.6 is 11.6 Å². The number of carbonyl (C=O) groups excluding carboxylic acids is 1. The van der Waals surface area contributed by atoms with Gasteiger partial charge in [-0.05, 0) is 12.6 Å². The number of halogens is 1. The van der Waals surface area contributed by atoms with Gasteiger partial charge in [-0.3, -0.25) is 4.79 Å². The molecule has 0 N–H and O–H groups in total. The molecule has 0 saturated carbocycles. The van der Waals surface area contributed by atoms with Crippen LogP contribution in [-0.4, -0.2) is 36.9 Å². The molecular weight excluding hydrogens is 250 g/mol. The van der Waals surface area contributed by atoms with Crippen LogP contribution in [0.25, 0.3) is 0 Å². The van der Waals surface area contributed by atoms with Crippen molar-refractivity contribution >= 4 is 17.6 Å². The minimum atomic E-state index is -0.500. The first-order valence-electron chi connectivity index (χ1n) is 6.18. The quantitative estimate of drug-likeness (QED) is 0.622. The minimum Gasteiger partial charge on any atom is -0.453 e. The van der Waals surface area contributed by atoms with Crippen molar-refractivity contribution in [1.82, 2.24) is 4.90 Å². The van der Waals surface area contributed by atoms with Crippen molar-refractivity contribution in [2.45, 2.75) is 18.4 Å². The van der Waals surface area contributed by atoms with E-state index in [2.05, 4.69) is 11.9 Å². The fourth-order valence-electron chi connectivity index (χ4n) is 2.42. The molecule has 1 aromatic carbocycles. The molecule has 1 heterocycles. The molecule has 0 bridgehead atoms. The predicted octanol–water partition coefficient (Wildman–Crippen LogP) is 2.39. The van der Waals surface area contributed by atoms with Gasteiger partial charge in [0.2, 0.25) is 0 Å². The summed E-state index contributed by atoms with van der Waals surface area (Å²) in [5, 5.41) is 0. The van der Waals surface area contributed by atoms with Crippen LogP contribution in [-0.2, 0) is 15.1 Å². The van der Waals surface area contributed by atoms with E-state index in [1.54, 1.807) is 0 Å². The van der Waals surface area contributed by atoms with Gasteiger partial charge in [0.25, 0.3) is 0 Å². The van der Waals surface area contributed by atoms with E-state index in [0.29, 0.717) is 0 Å². The Balaban J connectivity index is 2.25. The van der Waals surface area contributed by atoms with Gasteiger partial charge < -0.3 is 9.64 Å². The zero-order valence-corrected chi connectivity index (χ0v) is 11.3. The van der Waals surface area contributed by atoms with Gasteiger partial charge >= 0.3 is 5.97 Å². The first-order valence-corrected chi connectivity index (χ1v) is 6.72. The fraction of sp³-hybridized carbons (Fsp3) is 0.500. The maximum absolute atomic E-state index is 11.6. The Hall–Kier alpha value is -1.06. The Morgan fingerprint density at radius 2 is 1.94 bits per heavy atom.